The first-order chi connectivity index (χ1) is 11.5. The topological polar surface area (TPSA) is 78.9 Å². The molecule has 0 bridgehead atoms. The van der Waals surface area contributed by atoms with Crippen molar-refractivity contribution in [3.05, 3.63) is 35.4 Å². The van der Waals surface area contributed by atoms with Crippen LogP contribution in [0.3, 0.4) is 0 Å². The Bertz CT molecular complexity index is 624. The normalized spacial score (nSPS) is 25.5. The van der Waals surface area contributed by atoms with Crippen LogP contribution in [0.4, 0.5) is 0 Å². The molecule has 2 atom stereocenters. The molecule has 2 amide bonds. The van der Waals surface area contributed by atoms with Crippen molar-refractivity contribution in [3.8, 4) is 0 Å². The number of amides is 2. The van der Waals surface area contributed by atoms with Gasteiger partial charge in [-0.25, -0.2) is 0 Å². The van der Waals surface area contributed by atoms with Crippen LogP contribution in [0.2, 0.25) is 0 Å². The number of carbonyl (C=O) groups is 2. The highest BCUT2D eigenvalue weighted by atomic mass is 16.5. The summed E-state index contributed by atoms with van der Waals surface area (Å²) in [7, 11) is 1.70. The summed E-state index contributed by atoms with van der Waals surface area (Å²) < 4.78 is 5.57. The smallest absolute Gasteiger partial charge is 0.251 e. The molecule has 1 saturated heterocycles. The summed E-state index contributed by atoms with van der Waals surface area (Å²) in [4.78, 5) is 26.2. The van der Waals surface area contributed by atoms with Crippen molar-refractivity contribution in [2.45, 2.75) is 31.9 Å². The van der Waals surface area contributed by atoms with Gasteiger partial charge in [0.15, 0.2) is 6.10 Å². The number of rotatable bonds is 5. The molecule has 2 aliphatic rings. The third-order valence-electron chi connectivity index (χ3n) is 5.09. The number of aliphatic hydroxyl groups excluding tert-OH is 1. The quantitative estimate of drug-likeness (QED) is 0.835. The van der Waals surface area contributed by atoms with E-state index >= 15 is 0 Å². The number of aryl methyl sites for hydroxylation is 1. The summed E-state index contributed by atoms with van der Waals surface area (Å²) in [6.45, 7) is 2.42. The Morgan fingerprint density at radius 1 is 1.38 bits per heavy atom. The summed E-state index contributed by atoms with van der Waals surface area (Å²) in [5.74, 6) is -0.377. The molecule has 0 radical (unpaired) electrons. The second kappa shape index (κ2) is 6.53. The lowest BCUT2D eigenvalue weighted by molar-refractivity contribution is -0.162. The average Bonchev–Trinajstić information content (AvgIpc) is 3.37. The van der Waals surface area contributed by atoms with Gasteiger partial charge in [0.25, 0.3) is 5.91 Å². The van der Waals surface area contributed by atoms with E-state index in [1.54, 1.807) is 11.9 Å². The Morgan fingerprint density at radius 3 is 2.62 bits per heavy atom. The van der Waals surface area contributed by atoms with Gasteiger partial charge >= 0.3 is 0 Å². The predicted octanol–water partition coefficient (Wildman–Crippen LogP) is 0.782. The molecule has 1 aliphatic heterocycles. The molecule has 1 heterocycles. The monoisotopic (exact) mass is 332 g/mol. The zero-order valence-corrected chi connectivity index (χ0v) is 14.1. The molecule has 0 spiro atoms. The van der Waals surface area contributed by atoms with Crippen LogP contribution < -0.4 is 5.32 Å². The van der Waals surface area contributed by atoms with Gasteiger partial charge in [-0.15, -0.1) is 0 Å². The standard InChI is InChI=1S/C18H24N2O4/c1-12-3-5-13(6-4-12)15-16(24-9-14(22)20(15)2)17(23)19-10-18(11-21)7-8-18/h3-6,15-16,21H,7-11H2,1-2H3,(H,19,23). The molecule has 6 heteroatoms. The van der Waals surface area contributed by atoms with E-state index < -0.39 is 12.1 Å². The number of hydrogen-bond acceptors (Lipinski definition) is 4. The number of benzene rings is 1. The Balaban J connectivity index is 1.77. The number of aliphatic hydroxyl groups is 1. The van der Waals surface area contributed by atoms with Gasteiger partial charge in [-0.05, 0) is 25.3 Å². The van der Waals surface area contributed by atoms with Crippen LogP contribution >= 0.6 is 0 Å². The van der Waals surface area contributed by atoms with Gasteiger partial charge in [-0.3, -0.25) is 9.59 Å². The maximum absolute atomic E-state index is 12.6. The second-order valence-corrected chi connectivity index (χ2v) is 6.97. The zero-order chi connectivity index (χ0) is 17.3. The molecule has 2 unspecified atom stereocenters. The van der Waals surface area contributed by atoms with Crippen LogP contribution in [-0.4, -0.2) is 54.7 Å². The fraction of sp³-hybridized carbons (Fsp3) is 0.556. The molecule has 1 aromatic rings. The number of ether oxygens (including phenoxy) is 1. The first-order valence-corrected chi connectivity index (χ1v) is 8.28. The van der Waals surface area contributed by atoms with Crippen molar-refractivity contribution in [2.75, 3.05) is 26.8 Å². The fourth-order valence-electron chi connectivity index (χ4n) is 3.04. The minimum Gasteiger partial charge on any atom is -0.396 e. The van der Waals surface area contributed by atoms with E-state index in [1.165, 1.54) is 0 Å². The summed E-state index contributed by atoms with van der Waals surface area (Å²) in [5.41, 5.74) is 1.83. The third kappa shape index (κ3) is 3.30. The molecule has 3 rings (SSSR count). The number of nitrogens with zero attached hydrogens (tertiary/aromatic N) is 1. The van der Waals surface area contributed by atoms with Gasteiger partial charge in [0.05, 0.1) is 12.6 Å². The third-order valence-corrected chi connectivity index (χ3v) is 5.09. The average molecular weight is 332 g/mol. The Labute approximate surface area is 141 Å². The maximum atomic E-state index is 12.6. The van der Waals surface area contributed by atoms with E-state index in [2.05, 4.69) is 5.32 Å². The number of hydrogen-bond donors (Lipinski definition) is 2. The summed E-state index contributed by atoms with van der Waals surface area (Å²) in [6, 6.07) is 7.32. The molecule has 0 aromatic heterocycles. The van der Waals surface area contributed by atoms with Gasteiger partial charge < -0.3 is 20.1 Å². The molecule has 130 valence electrons. The van der Waals surface area contributed by atoms with E-state index in [9.17, 15) is 14.7 Å². The van der Waals surface area contributed by atoms with Crippen LogP contribution in [0.1, 0.15) is 30.0 Å². The van der Waals surface area contributed by atoms with E-state index in [1.807, 2.05) is 31.2 Å². The lowest BCUT2D eigenvalue weighted by Gasteiger charge is -2.38. The van der Waals surface area contributed by atoms with Gasteiger partial charge in [-0.1, -0.05) is 29.8 Å². The first-order valence-electron chi connectivity index (χ1n) is 8.28. The van der Waals surface area contributed by atoms with Crippen LogP contribution in [0.25, 0.3) is 0 Å². The molecule has 2 fully saturated rings. The van der Waals surface area contributed by atoms with Crippen molar-refractivity contribution in [3.63, 3.8) is 0 Å². The van der Waals surface area contributed by atoms with E-state index in [0.717, 1.165) is 24.0 Å². The van der Waals surface area contributed by atoms with E-state index in [4.69, 9.17) is 4.74 Å². The fourth-order valence-corrected chi connectivity index (χ4v) is 3.04. The molecule has 24 heavy (non-hydrogen) atoms. The van der Waals surface area contributed by atoms with Crippen LogP contribution in [0.15, 0.2) is 24.3 Å². The highest BCUT2D eigenvalue weighted by molar-refractivity contribution is 5.86. The molecular formula is C18H24N2O4. The van der Waals surface area contributed by atoms with Crippen molar-refractivity contribution in [2.24, 2.45) is 5.41 Å². The predicted molar refractivity (Wildman–Crippen MR) is 88.2 cm³/mol. The van der Waals surface area contributed by atoms with Crippen molar-refractivity contribution < 1.29 is 19.4 Å². The van der Waals surface area contributed by atoms with Crippen LogP contribution in [0.5, 0.6) is 0 Å². The number of carbonyl (C=O) groups excluding carboxylic acids is 2. The summed E-state index contributed by atoms with van der Waals surface area (Å²) >= 11 is 0. The minimum atomic E-state index is -0.745. The molecule has 1 saturated carbocycles. The molecule has 1 aromatic carbocycles. The first kappa shape index (κ1) is 16.9. The summed E-state index contributed by atoms with van der Waals surface area (Å²) in [5, 5.41) is 12.3. The van der Waals surface area contributed by atoms with Gasteiger partial charge in [0.2, 0.25) is 5.91 Å². The van der Waals surface area contributed by atoms with E-state index in [0.29, 0.717) is 6.54 Å². The van der Waals surface area contributed by atoms with Gasteiger partial charge in [-0.2, -0.15) is 0 Å². The Morgan fingerprint density at radius 2 is 2.04 bits per heavy atom. The number of nitrogens with one attached hydrogen (secondary N) is 1. The highest BCUT2D eigenvalue weighted by Crippen LogP contribution is 2.44. The lowest BCUT2D eigenvalue weighted by Crippen LogP contribution is -2.53. The number of likely N-dealkylation sites (N-methyl/N-ethyl adjacent to an activating group) is 1. The van der Waals surface area contributed by atoms with Gasteiger partial charge in [0, 0.05) is 19.0 Å². The Hall–Kier alpha value is -1.92. The lowest BCUT2D eigenvalue weighted by atomic mass is 9.96. The van der Waals surface area contributed by atoms with Crippen LogP contribution in [0, 0.1) is 12.3 Å². The Kier molecular flexibility index (Phi) is 4.60. The zero-order valence-electron chi connectivity index (χ0n) is 14.1. The minimum absolute atomic E-state index is 0.0819. The molecule has 2 N–H and O–H groups in total. The number of morpholine rings is 1. The molecule has 6 nitrogen and oxygen atoms in total. The van der Waals surface area contributed by atoms with Crippen molar-refractivity contribution in [1.29, 1.82) is 0 Å². The highest BCUT2D eigenvalue weighted by Gasteiger charge is 2.44. The summed E-state index contributed by atoms with van der Waals surface area (Å²) in [6.07, 6.45) is 1.11. The van der Waals surface area contributed by atoms with Crippen molar-refractivity contribution >= 4 is 11.8 Å². The van der Waals surface area contributed by atoms with Crippen molar-refractivity contribution in [1.82, 2.24) is 10.2 Å². The van der Waals surface area contributed by atoms with Crippen LogP contribution in [-0.2, 0) is 14.3 Å². The SMILES string of the molecule is Cc1ccc(C2C(C(=O)NCC3(CO)CC3)OCC(=O)N2C)cc1. The van der Waals surface area contributed by atoms with Gasteiger partial charge in [0.1, 0.15) is 6.61 Å². The largest absolute Gasteiger partial charge is 0.396 e. The maximum Gasteiger partial charge on any atom is 0.251 e. The van der Waals surface area contributed by atoms with E-state index in [-0.39, 0.29) is 30.4 Å². The molecule has 1 aliphatic carbocycles. The second-order valence-electron chi connectivity index (χ2n) is 6.97. The molecular weight excluding hydrogens is 308 g/mol.